The van der Waals surface area contributed by atoms with E-state index in [0.29, 0.717) is 22.6 Å². The van der Waals surface area contributed by atoms with Crippen LogP contribution in [0.4, 0.5) is 5.69 Å². The fourth-order valence-corrected chi connectivity index (χ4v) is 4.22. The quantitative estimate of drug-likeness (QED) is 0.359. The first-order valence-corrected chi connectivity index (χ1v) is 12.2. The zero-order valence-electron chi connectivity index (χ0n) is 17.5. The number of benzene rings is 3. The number of sulfonamides is 1. The molecule has 0 bridgehead atoms. The molecular weight excluding hydrogens is 494 g/mol. The van der Waals surface area contributed by atoms with Gasteiger partial charge in [0, 0.05) is 15.6 Å². The first-order chi connectivity index (χ1) is 15.3. The van der Waals surface area contributed by atoms with Crippen molar-refractivity contribution in [3.63, 3.8) is 0 Å². The second-order valence-corrected chi connectivity index (χ2v) is 9.71. The number of nitrogens with zero attached hydrogens (tertiary/aromatic N) is 2. The van der Waals surface area contributed by atoms with Crippen LogP contribution in [-0.4, -0.2) is 33.9 Å². The van der Waals surface area contributed by atoms with Crippen molar-refractivity contribution in [3.8, 4) is 5.75 Å². The highest BCUT2D eigenvalue weighted by molar-refractivity contribution is 9.10. The number of anilines is 1. The normalized spacial score (nSPS) is 11.3. The SMILES string of the molecule is COc1ccc(Br)cc1/C=N\NC(=O)c1ccc(CN(c2ccccc2)S(C)(=O)=O)cc1. The molecular formula is C23H22BrN3O4S. The van der Waals surface area contributed by atoms with E-state index in [1.807, 2.05) is 18.2 Å². The fraction of sp³-hybridized carbons (Fsp3) is 0.130. The molecule has 9 heteroatoms. The average molecular weight is 516 g/mol. The Labute approximate surface area is 195 Å². The molecule has 0 saturated carbocycles. The van der Waals surface area contributed by atoms with Gasteiger partial charge < -0.3 is 4.74 Å². The van der Waals surface area contributed by atoms with Gasteiger partial charge in [0.25, 0.3) is 5.91 Å². The van der Waals surface area contributed by atoms with Crippen LogP contribution < -0.4 is 14.5 Å². The Hall–Kier alpha value is -3.17. The lowest BCUT2D eigenvalue weighted by Gasteiger charge is -2.22. The Balaban J connectivity index is 1.68. The second-order valence-electron chi connectivity index (χ2n) is 6.89. The third-order valence-corrected chi connectivity index (χ3v) is 6.18. The standard InChI is InChI=1S/C23H22BrN3O4S/c1-31-22-13-12-20(24)14-19(22)15-25-26-23(28)18-10-8-17(9-11-18)16-27(32(2,29)30)21-6-4-3-5-7-21/h3-15H,16H2,1-2H3,(H,26,28)/b25-15-. The minimum absolute atomic E-state index is 0.158. The van der Waals surface area contributed by atoms with Crippen molar-refractivity contribution in [3.05, 3.63) is 94.0 Å². The highest BCUT2D eigenvalue weighted by Gasteiger charge is 2.17. The number of nitrogens with one attached hydrogen (secondary N) is 1. The summed E-state index contributed by atoms with van der Waals surface area (Å²) >= 11 is 3.39. The third kappa shape index (κ3) is 6.18. The second kappa shape index (κ2) is 10.4. The molecule has 0 aliphatic rings. The van der Waals surface area contributed by atoms with Gasteiger partial charge in [-0.25, -0.2) is 13.8 Å². The lowest BCUT2D eigenvalue weighted by molar-refractivity contribution is 0.0955. The zero-order valence-corrected chi connectivity index (χ0v) is 19.9. The molecule has 0 spiro atoms. The van der Waals surface area contributed by atoms with Crippen LogP contribution in [0.15, 0.2) is 82.4 Å². The predicted octanol–water partition coefficient (Wildman–Crippen LogP) is 4.19. The molecule has 0 saturated heterocycles. The van der Waals surface area contributed by atoms with Gasteiger partial charge in [-0.1, -0.05) is 46.3 Å². The topological polar surface area (TPSA) is 88.1 Å². The molecule has 0 fully saturated rings. The Morgan fingerprint density at radius 3 is 2.41 bits per heavy atom. The van der Waals surface area contributed by atoms with Gasteiger partial charge in [0.05, 0.1) is 31.8 Å². The zero-order chi connectivity index (χ0) is 23.1. The maximum Gasteiger partial charge on any atom is 0.271 e. The number of halogens is 1. The number of ether oxygens (including phenoxy) is 1. The molecule has 0 aromatic heterocycles. The first-order valence-electron chi connectivity index (χ1n) is 9.56. The molecule has 1 N–H and O–H groups in total. The highest BCUT2D eigenvalue weighted by Crippen LogP contribution is 2.22. The molecule has 3 aromatic rings. The van der Waals surface area contributed by atoms with Crippen molar-refractivity contribution in [2.24, 2.45) is 5.10 Å². The Kier molecular flexibility index (Phi) is 7.66. The van der Waals surface area contributed by atoms with E-state index in [2.05, 4.69) is 26.5 Å². The van der Waals surface area contributed by atoms with Crippen LogP contribution in [0, 0.1) is 0 Å². The number of hydrazone groups is 1. The van der Waals surface area contributed by atoms with Gasteiger partial charge in [-0.15, -0.1) is 0 Å². The third-order valence-electron chi connectivity index (χ3n) is 4.55. The van der Waals surface area contributed by atoms with Crippen LogP contribution in [0.25, 0.3) is 0 Å². The van der Waals surface area contributed by atoms with Crippen molar-refractivity contribution in [2.45, 2.75) is 6.54 Å². The van der Waals surface area contributed by atoms with Crippen LogP contribution in [0.5, 0.6) is 5.75 Å². The lowest BCUT2D eigenvalue weighted by Crippen LogP contribution is -2.29. The Bertz CT molecular complexity index is 1210. The first kappa shape index (κ1) is 23.5. The summed E-state index contributed by atoms with van der Waals surface area (Å²) in [6.45, 7) is 0.158. The van der Waals surface area contributed by atoms with Gasteiger partial charge in [-0.05, 0) is 48.0 Å². The smallest absolute Gasteiger partial charge is 0.271 e. The minimum Gasteiger partial charge on any atom is -0.496 e. The number of carbonyl (C=O) groups excluding carboxylic acids is 1. The number of hydrogen-bond acceptors (Lipinski definition) is 5. The van der Waals surface area contributed by atoms with E-state index in [4.69, 9.17) is 4.74 Å². The molecule has 7 nitrogen and oxygen atoms in total. The number of para-hydroxylation sites is 1. The number of rotatable bonds is 8. The molecule has 0 unspecified atom stereocenters. The maximum atomic E-state index is 12.4. The predicted molar refractivity (Wildman–Crippen MR) is 130 cm³/mol. The molecule has 0 aliphatic heterocycles. The van der Waals surface area contributed by atoms with Crippen molar-refractivity contribution < 1.29 is 17.9 Å². The van der Waals surface area contributed by atoms with E-state index >= 15 is 0 Å². The van der Waals surface area contributed by atoms with E-state index in [9.17, 15) is 13.2 Å². The molecule has 3 aromatic carbocycles. The Morgan fingerprint density at radius 1 is 1.09 bits per heavy atom. The van der Waals surface area contributed by atoms with Gasteiger partial charge in [-0.3, -0.25) is 9.10 Å². The summed E-state index contributed by atoms with van der Waals surface area (Å²) in [6, 6.07) is 21.0. The largest absolute Gasteiger partial charge is 0.496 e. The van der Waals surface area contributed by atoms with Gasteiger partial charge in [0.2, 0.25) is 10.0 Å². The van der Waals surface area contributed by atoms with Gasteiger partial charge >= 0.3 is 0 Å². The van der Waals surface area contributed by atoms with Crippen LogP contribution in [0.1, 0.15) is 21.5 Å². The fourth-order valence-electron chi connectivity index (χ4n) is 2.95. The summed E-state index contributed by atoms with van der Waals surface area (Å²) in [5.74, 6) is 0.245. The summed E-state index contributed by atoms with van der Waals surface area (Å²) in [4.78, 5) is 12.4. The van der Waals surface area contributed by atoms with Gasteiger partial charge in [0.1, 0.15) is 5.75 Å². The Morgan fingerprint density at radius 2 is 1.78 bits per heavy atom. The molecule has 0 aliphatic carbocycles. The monoisotopic (exact) mass is 515 g/mol. The lowest BCUT2D eigenvalue weighted by atomic mass is 10.1. The van der Waals surface area contributed by atoms with E-state index in [1.54, 1.807) is 61.7 Å². The van der Waals surface area contributed by atoms with Gasteiger partial charge in [0.15, 0.2) is 0 Å². The summed E-state index contributed by atoms with van der Waals surface area (Å²) in [6.07, 6.45) is 2.67. The number of amides is 1. The summed E-state index contributed by atoms with van der Waals surface area (Å²) < 4.78 is 31.9. The van der Waals surface area contributed by atoms with Gasteiger partial charge in [-0.2, -0.15) is 5.10 Å². The van der Waals surface area contributed by atoms with Crippen molar-refractivity contribution in [1.29, 1.82) is 0 Å². The van der Waals surface area contributed by atoms with Crippen molar-refractivity contribution in [1.82, 2.24) is 5.43 Å². The molecule has 3 rings (SSSR count). The summed E-state index contributed by atoms with van der Waals surface area (Å²) in [7, 11) is -1.91. The number of hydrogen-bond donors (Lipinski definition) is 1. The van der Waals surface area contributed by atoms with E-state index < -0.39 is 10.0 Å². The number of carbonyl (C=O) groups is 1. The number of methoxy groups -OCH3 is 1. The summed E-state index contributed by atoms with van der Waals surface area (Å²) in [5, 5.41) is 4.00. The average Bonchev–Trinajstić information content (AvgIpc) is 2.78. The molecule has 1 amide bonds. The molecule has 166 valence electrons. The summed E-state index contributed by atoms with van der Waals surface area (Å²) in [5.41, 5.74) is 4.92. The van der Waals surface area contributed by atoms with Crippen LogP contribution in [-0.2, 0) is 16.6 Å². The van der Waals surface area contributed by atoms with E-state index in [1.165, 1.54) is 16.8 Å². The molecule has 0 radical (unpaired) electrons. The van der Waals surface area contributed by atoms with Crippen molar-refractivity contribution >= 4 is 43.8 Å². The maximum absolute atomic E-state index is 12.4. The highest BCUT2D eigenvalue weighted by atomic mass is 79.9. The van der Waals surface area contributed by atoms with Crippen molar-refractivity contribution in [2.75, 3.05) is 17.7 Å². The van der Waals surface area contributed by atoms with Crippen LogP contribution in [0.2, 0.25) is 0 Å². The van der Waals surface area contributed by atoms with Crippen LogP contribution in [0.3, 0.4) is 0 Å². The van der Waals surface area contributed by atoms with E-state index in [-0.39, 0.29) is 12.5 Å². The molecule has 0 heterocycles. The molecule has 32 heavy (non-hydrogen) atoms. The van der Waals surface area contributed by atoms with Crippen LogP contribution >= 0.6 is 15.9 Å². The minimum atomic E-state index is -3.47. The van der Waals surface area contributed by atoms with E-state index in [0.717, 1.165) is 10.0 Å². The molecule has 0 atom stereocenters.